The highest BCUT2D eigenvalue weighted by molar-refractivity contribution is 5.99. The molecule has 13 heteroatoms. The first kappa shape index (κ1) is 21.2. The number of hydrogen-bond acceptors (Lipinski definition) is 8. The SMILES string of the molecule is O=C1N(c2ccnc(C(F)(F)F)n2)CCC12CCN(c1ncc3cnn(C4COC4)c3n1)CC2. The molecule has 6 heterocycles. The Kier molecular flexibility index (Phi) is 4.73. The Morgan fingerprint density at radius 2 is 1.79 bits per heavy atom. The van der Waals surface area contributed by atoms with E-state index in [1.54, 1.807) is 12.4 Å². The molecule has 3 saturated heterocycles. The van der Waals surface area contributed by atoms with Gasteiger partial charge in [0.2, 0.25) is 17.7 Å². The number of fused-ring (bicyclic) bond motifs is 1. The van der Waals surface area contributed by atoms with Gasteiger partial charge in [-0.3, -0.25) is 9.69 Å². The topological polar surface area (TPSA) is 102 Å². The normalized spacial score (nSPS) is 21.0. The molecular formula is C21H21F3N8O2. The van der Waals surface area contributed by atoms with Gasteiger partial charge in [-0.2, -0.15) is 23.3 Å². The second kappa shape index (κ2) is 7.58. The molecule has 0 saturated carbocycles. The standard InChI is InChI=1S/C21H21F3N8O2/c22-21(23,24)17-25-5-1-15(28-17)31-8-4-20(18(31)33)2-6-30(7-3-20)19-26-9-13-10-27-32(16(13)29-19)14-11-34-12-14/h1,5,9-10,14H,2-4,6-8,11-12H2. The van der Waals surface area contributed by atoms with Gasteiger partial charge < -0.3 is 9.64 Å². The molecule has 0 atom stereocenters. The van der Waals surface area contributed by atoms with E-state index in [4.69, 9.17) is 9.72 Å². The van der Waals surface area contributed by atoms with E-state index in [2.05, 4.69) is 20.1 Å². The average Bonchev–Trinajstić information content (AvgIpc) is 3.34. The van der Waals surface area contributed by atoms with Crippen LogP contribution in [-0.4, -0.2) is 68.5 Å². The lowest BCUT2D eigenvalue weighted by Gasteiger charge is -2.37. The predicted octanol–water partition coefficient (Wildman–Crippen LogP) is 2.23. The van der Waals surface area contributed by atoms with Crippen molar-refractivity contribution in [3.05, 3.63) is 30.5 Å². The number of carbonyl (C=O) groups excluding carboxylic acids is 1. The predicted molar refractivity (Wildman–Crippen MR) is 113 cm³/mol. The zero-order valence-corrected chi connectivity index (χ0v) is 18.1. The lowest BCUT2D eigenvalue weighted by molar-refractivity contribution is -0.145. The molecule has 0 aromatic carbocycles. The minimum Gasteiger partial charge on any atom is -0.377 e. The fraction of sp³-hybridized carbons (Fsp3) is 0.524. The summed E-state index contributed by atoms with van der Waals surface area (Å²) in [5.41, 5.74) is 0.139. The highest BCUT2D eigenvalue weighted by atomic mass is 19.4. The minimum atomic E-state index is -4.66. The molecule has 6 rings (SSSR count). The summed E-state index contributed by atoms with van der Waals surface area (Å²) in [5, 5.41) is 5.27. The number of piperidine rings is 1. The Bertz CT molecular complexity index is 1250. The maximum absolute atomic E-state index is 13.3. The molecule has 0 radical (unpaired) electrons. The van der Waals surface area contributed by atoms with Crippen molar-refractivity contribution in [2.75, 3.05) is 42.6 Å². The van der Waals surface area contributed by atoms with Gasteiger partial charge in [-0.25, -0.2) is 19.6 Å². The molecule has 34 heavy (non-hydrogen) atoms. The Balaban J connectivity index is 1.18. The molecule has 0 bridgehead atoms. The Hall–Kier alpha value is -3.35. The number of rotatable bonds is 3. The first-order valence-electron chi connectivity index (χ1n) is 11.1. The van der Waals surface area contributed by atoms with Crippen LogP contribution in [0.25, 0.3) is 11.0 Å². The van der Waals surface area contributed by atoms with Gasteiger partial charge in [0.15, 0.2) is 5.65 Å². The molecule has 0 N–H and O–H groups in total. The molecule has 10 nitrogen and oxygen atoms in total. The van der Waals surface area contributed by atoms with Crippen LogP contribution in [0.1, 0.15) is 31.1 Å². The second-order valence-electron chi connectivity index (χ2n) is 8.94. The van der Waals surface area contributed by atoms with E-state index in [1.165, 1.54) is 11.0 Å². The summed E-state index contributed by atoms with van der Waals surface area (Å²) in [6.07, 6.45) is 1.57. The number of amides is 1. The van der Waals surface area contributed by atoms with Crippen LogP contribution in [-0.2, 0) is 15.7 Å². The van der Waals surface area contributed by atoms with Crippen LogP contribution in [0.2, 0.25) is 0 Å². The van der Waals surface area contributed by atoms with Gasteiger partial charge in [0.25, 0.3) is 0 Å². The van der Waals surface area contributed by atoms with Crippen molar-refractivity contribution in [3.8, 4) is 0 Å². The highest BCUT2D eigenvalue weighted by Gasteiger charge is 2.49. The number of carbonyl (C=O) groups is 1. The summed E-state index contributed by atoms with van der Waals surface area (Å²) in [5.74, 6) is -0.849. The number of halogens is 3. The largest absolute Gasteiger partial charge is 0.451 e. The van der Waals surface area contributed by atoms with E-state index < -0.39 is 17.4 Å². The summed E-state index contributed by atoms with van der Waals surface area (Å²) in [6.45, 7) is 2.69. The lowest BCUT2D eigenvalue weighted by Crippen LogP contribution is -2.45. The molecule has 3 aromatic heterocycles. The summed E-state index contributed by atoms with van der Waals surface area (Å²) in [6, 6.07) is 1.52. The lowest BCUT2D eigenvalue weighted by atomic mass is 9.77. The highest BCUT2D eigenvalue weighted by Crippen LogP contribution is 2.43. The monoisotopic (exact) mass is 474 g/mol. The minimum absolute atomic E-state index is 0.00588. The van der Waals surface area contributed by atoms with Crippen molar-refractivity contribution in [2.24, 2.45) is 5.41 Å². The van der Waals surface area contributed by atoms with Crippen LogP contribution >= 0.6 is 0 Å². The number of ether oxygens (including phenoxy) is 1. The molecular weight excluding hydrogens is 453 g/mol. The molecule has 3 aliphatic rings. The third-order valence-corrected chi connectivity index (χ3v) is 6.97. The summed E-state index contributed by atoms with van der Waals surface area (Å²) in [7, 11) is 0. The van der Waals surface area contributed by atoms with Gasteiger partial charge in [0.05, 0.1) is 30.2 Å². The van der Waals surface area contributed by atoms with E-state index in [-0.39, 0.29) is 17.8 Å². The van der Waals surface area contributed by atoms with Crippen molar-refractivity contribution >= 4 is 28.7 Å². The zero-order chi connectivity index (χ0) is 23.5. The average molecular weight is 474 g/mol. The van der Waals surface area contributed by atoms with Crippen molar-refractivity contribution in [1.29, 1.82) is 0 Å². The molecule has 3 aliphatic heterocycles. The molecule has 178 valence electrons. The first-order chi connectivity index (χ1) is 16.3. The zero-order valence-electron chi connectivity index (χ0n) is 18.1. The number of alkyl halides is 3. The van der Waals surface area contributed by atoms with E-state index >= 15 is 0 Å². The van der Waals surface area contributed by atoms with Crippen LogP contribution in [0, 0.1) is 5.41 Å². The Morgan fingerprint density at radius 3 is 2.50 bits per heavy atom. The maximum Gasteiger partial charge on any atom is 0.451 e. The van der Waals surface area contributed by atoms with E-state index in [1.807, 2.05) is 9.58 Å². The molecule has 3 fully saturated rings. The fourth-order valence-corrected chi connectivity index (χ4v) is 4.88. The van der Waals surface area contributed by atoms with E-state index in [0.29, 0.717) is 58.1 Å². The van der Waals surface area contributed by atoms with Gasteiger partial charge in [0.1, 0.15) is 11.9 Å². The summed E-state index contributed by atoms with van der Waals surface area (Å²) >= 11 is 0. The van der Waals surface area contributed by atoms with Crippen LogP contribution < -0.4 is 9.80 Å². The molecule has 3 aromatic rings. The van der Waals surface area contributed by atoms with Crippen molar-refractivity contribution in [3.63, 3.8) is 0 Å². The maximum atomic E-state index is 13.3. The van der Waals surface area contributed by atoms with Crippen molar-refractivity contribution < 1.29 is 22.7 Å². The van der Waals surface area contributed by atoms with Crippen molar-refractivity contribution in [2.45, 2.75) is 31.5 Å². The number of anilines is 2. The Labute approximate surface area is 191 Å². The van der Waals surface area contributed by atoms with E-state index in [9.17, 15) is 18.0 Å². The summed E-state index contributed by atoms with van der Waals surface area (Å²) in [4.78, 5) is 32.8. The quantitative estimate of drug-likeness (QED) is 0.570. The second-order valence-corrected chi connectivity index (χ2v) is 8.94. The molecule has 1 amide bonds. The van der Waals surface area contributed by atoms with Crippen LogP contribution in [0.3, 0.4) is 0 Å². The summed E-state index contributed by atoms with van der Waals surface area (Å²) < 4.78 is 46.2. The van der Waals surface area contributed by atoms with Crippen LogP contribution in [0.5, 0.6) is 0 Å². The van der Waals surface area contributed by atoms with Crippen LogP contribution in [0.15, 0.2) is 24.7 Å². The molecule has 0 aliphatic carbocycles. The third kappa shape index (κ3) is 3.37. The van der Waals surface area contributed by atoms with Gasteiger partial charge in [-0.05, 0) is 25.3 Å². The number of aromatic nitrogens is 6. The van der Waals surface area contributed by atoms with Crippen molar-refractivity contribution in [1.82, 2.24) is 29.7 Å². The first-order valence-corrected chi connectivity index (χ1v) is 11.1. The van der Waals surface area contributed by atoms with Crippen LogP contribution in [0.4, 0.5) is 24.9 Å². The number of nitrogens with zero attached hydrogens (tertiary/aromatic N) is 8. The van der Waals surface area contributed by atoms with Gasteiger partial charge in [-0.15, -0.1) is 0 Å². The number of hydrogen-bond donors (Lipinski definition) is 0. The van der Waals surface area contributed by atoms with E-state index in [0.717, 1.165) is 17.2 Å². The molecule has 0 unspecified atom stereocenters. The molecule has 1 spiro atoms. The smallest absolute Gasteiger partial charge is 0.377 e. The van der Waals surface area contributed by atoms with Gasteiger partial charge in [-0.1, -0.05) is 0 Å². The fourth-order valence-electron chi connectivity index (χ4n) is 4.88. The van der Waals surface area contributed by atoms with Gasteiger partial charge >= 0.3 is 6.18 Å². The third-order valence-electron chi connectivity index (χ3n) is 6.97. The Morgan fingerprint density at radius 1 is 1.03 bits per heavy atom. The van der Waals surface area contributed by atoms with Gasteiger partial charge in [0, 0.05) is 32.0 Å².